The first kappa shape index (κ1) is 17.5. The number of amides is 1. The average Bonchev–Trinajstić information content (AvgIpc) is 2.43. The van der Waals surface area contributed by atoms with Crippen molar-refractivity contribution in [3.05, 3.63) is 29.8 Å². The molecule has 3 N–H and O–H groups in total. The summed E-state index contributed by atoms with van der Waals surface area (Å²) in [5, 5.41) is 2.95. The molecule has 0 bridgehead atoms. The predicted molar refractivity (Wildman–Crippen MR) is 89.6 cm³/mol. The van der Waals surface area contributed by atoms with Gasteiger partial charge in [0.15, 0.2) is 0 Å². The molecular weight excluding hydrogens is 262 g/mol. The van der Waals surface area contributed by atoms with Crippen molar-refractivity contribution in [1.82, 2.24) is 5.32 Å². The molecule has 1 rings (SSSR count). The van der Waals surface area contributed by atoms with E-state index in [0.29, 0.717) is 13.0 Å². The van der Waals surface area contributed by atoms with Gasteiger partial charge in [-0.2, -0.15) is 0 Å². The van der Waals surface area contributed by atoms with Gasteiger partial charge in [-0.1, -0.05) is 25.5 Å². The van der Waals surface area contributed by atoms with Gasteiger partial charge >= 0.3 is 0 Å². The summed E-state index contributed by atoms with van der Waals surface area (Å²) in [7, 11) is 0. The largest absolute Gasteiger partial charge is 0.370 e. The number of carbonyl (C=O) groups is 1. The summed E-state index contributed by atoms with van der Waals surface area (Å²) in [5.41, 5.74) is 7.69. The Balaban J connectivity index is 2.51. The number of hydrogen-bond donors (Lipinski definition) is 2. The van der Waals surface area contributed by atoms with E-state index in [2.05, 4.69) is 48.3 Å². The second-order valence-corrected chi connectivity index (χ2v) is 5.84. The minimum atomic E-state index is -0.769. The highest BCUT2D eigenvalue weighted by Crippen LogP contribution is 2.15. The summed E-state index contributed by atoms with van der Waals surface area (Å²) >= 11 is 0. The highest BCUT2D eigenvalue weighted by molar-refractivity contribution is 5.85. The molecule has 4 nitrogen and oxygen atoms in total. The number of likely N-dealkylation sites (N-methyl/N-ethyl adjacent to an activating group) is 1. The van der Waals surface area contributed by atoms with Crippen molar-refractivity contribution in [3.63, 3.8) is 0 Å². The topological polar surface area (TPSA) is 58.4 Å². The normalized spacial score (nSPS) is 13.6. The van der Waals surface area contributed by atoms with Gasteiger partial charge in [-0.05, 0) is 44.9 Å². The van der Waals surface area contributed by atoms with Gasteiger partial charge < -0.3 is 16.0 Å². The number of carbonyl (C=O) groups excluding carboxylic acids is 1. The van der Waals surface area contributed by atoms with E-state index < -0.39 is 5.54 Å². The minimum absolute atomic E-state index is 0.0651. The first-order chi connectivity index (χ1) is 9.90. The van der Waals surface area contributed by atoms with Gasteiger partial charge in [0.2, 0.25) is 5.91 Å². The van der Waals surface area contributed by atoms with E-state index in [4.69, 9.17) is 5.73 Å². The molecule has 4 heteroatoms. The van der Waals surface area contributed by atoms with E-state index in [1.807, 2.05) is 6.92 Å². The zero-order chi connectivity index (χ0) is 15.9. The van der Waals surface area contributed by atoms with E-state index in [1.165, 1.54) is 11.3 Å². The third-order valence-electron chi connectivity index (χ3n) is 3.70. The van der Waals surface area contributed by atoms with Crippen LogP contribution in [-0.2, 0) is 4.79 Å². The summed E-state index contributed by atoms with van der Waals surface area (Å²) in [6.07, 6.45) is 1.61. The summed E-state index contributed by atoms with van der Waals surface area (Å²) < 4.78 is 0. The quantitative estimate of drug-likeness (QED) is 0.773. The Hall–Kier alpha value is -1.55. The molecule has 0 saturated carbocycles. The van der Waals surface area contributed by atoms with E-state index in [-0.39, 0.29) is 5.91 Å². The van der Waals surface area contributed by atoms with Gasteiger partial charge in [-0.3, -0.25) is 4.79 Å². The summed E-state index contributed by atoms with van der Waals surface area (Å²) in [5.74, 6) is -0.0651. The lowest BCUT2D eigenvalue weighted by Gasteiger charge is -2.26. The fourth-order valence-corrected chi connectivity index (χ4v) is 2.43. The highest BCUT2D eigenvalue weighted by atomic mass is 16.2. The maximum Gasteiger partial charge on any atom is 0.239 e. The summed E-state index contributed by atoms with van der Waals surface area (Å²) in [6, 6.07) is 8.41. The maximum absolute atomic E-state index is 12.1. The van der Waals surface area contributed by atoms with Crippen LogP contribution >= 0.6 is 0 Å². The van der Waals surface area contributed by atoms with E-state index in [9.17, 15) is 4.79 Å². The van der Waals surface area contributed by atoms with Crippen LogP contribution in [0, 0.1) is 6.92 Å². The van der Waals surface area contributed by atoms with Crippen molar-refractivity contribution in [2.45, 2.75) is 46.1 Å². The lowest BCUT2D eigenvalue weighted by atomic mass is 9.96. The summed E-state index contributed by atoms with van der Waals surface area (Å²) in [6.45, 7) is 10.3. The average molecular weight is 291 g/mol. The molecule has 1 aromatic rings. The van der Waals surface area contributed by atoms with Crippen LogP contribution in [0.2, 0.25) is 0 Å². The molecule has 0 heterocycles. The smallest absolute Gasteiger partial charge is 0.239 e. The number of benzene rings is 1. The van der Waals surface area contributed by atoms with Crippen molar-refractivity contribution in [2.24, 2.45) is 5.73 Å². The van der Waals surface area contributed by atoms with Crippen LogP contribution in [0.5, 0.6) is 0 Å². The van der Waals surface area contributed by atoms with Gasteiger partial charge in [0.1, 0.15) is 0 Å². The number of aryl methyl sites for hydroxylation is 1. The first-order valence-corrected chi connectivity index (χ1v) is 7.79. The van der Waals surface area contributed by atoms with Crippen molar-refractivity contribution in [1.29, 1.82) is 0 Å². The Morgan fingerprint density at radius 2 is 2.10 bits per heavy atom. The van der Waals surface area contributed by atoms with Crippen molar-refractivity contribution in [3.8, 4) is 0 Å². The molecule has 1 unspecified atom stereocenters. The van der Waals surface area contributed by atoms with Gasteiger partial charge in [-0.25, -0.2) is 0 Å². The number of nitrogens with zero attached hydrogens (tertiary/aromatic N) is 1. The Kier molecular flexibility index (Phi) is 6.69. The van der Waals surface area contributed by atoms with Crippen LogP contribution in [0.4, 0.5) is 5.69 Å². The Morgan fingerprint density at radius 3 is 2.67 bits per heavy atom. The SMILES string of the molecule is CCCC(C)(N)C(=O)NCCN(CC)c1cccc(C)c1. The number of anilines is 1. The second-order valence-electron chi connectivity index (χ2n) is 5.84. The number of hydrogen-bond acceptors (Lipinski definition) is 3. The van der Waals surface area contributed by atoms with E-state index >= 15 is 0 Å². The Labute approximate surface area is 128 Å². The van der Waals surface area contributed by atoms with Crippen LogP contribution in [0.3, 0.4) is 0 Å². The van der Waals surface area contributed by atoms with Crippen molar-refractivity contribution >= 4 is 11.6 Å². The van der Waals surface area contributed by atoms with Crippen LogP contribution in [0.15, 0.2) is 24.3 Å². The number of nitrogens with one attached hydrogen (secondary N) is 1. The standard InChI is InChI=1S/C17H29N3O/c1-5-10-17(4,18)16(21)19-11-12-20(6-2)15-9-7-8-14(3)13-15/h7-9,13H,5-6,10-12,18H2,1-4H3,(H,19,21). The van der Waals surface area contributed by atoms with Crippen LogP contribution < -0.4 is 16.0 Å². The monoisotopic (exact) mass is 291 g/mol. The van der Waals surface area contributed by atoms with Crippen LogP contribution in [0.25, 0.3) is 0 Å². The minimum Gasteiger partial charge on any atom is -0.370 e. The molecule has 118 valence electrons. The number of nitrogens with two attached hydrogens (primary N) is 1. The zero-order valence-corrected chi connectivity index (χ0v) is 13.8. The Morgan fingerprint density at radius 1 is 1.38 bits per heavy atom. The molecule has 1 aromatic carbocycles. The van der Waals surface area contributed by atoms with E-state index in [1.54, 1.807) is 6.92 Å². The van der Waals surface area contributed by atoms with Gasteiger partial charge in [0, 0.05) is 25.3 Å². The van der Waals surface area contributed by atoms with Gasteiger partial charge in [0.25, 0.3) is 0 Å². The Bertz CT molecular complexity index is 457. The molecule has 1 atom stereocenters. The van der Waals surface area contributed by atoms with Crippen LogP contribution in [0.1, 0.15) is 39.2 Å². The predicted octanol–water partition coefficient (Wildman–Crippen LogP) is 2.46. The molecule has 0 aromatic heterocycles. The first-order valence-electron chi connectivity index (χ1n) is 7.79. The van der Waals surface area contributed by atoms with Gasteiger partial charge in [0.05, 0.1) is 5.54 Å². The molecule has 21 heavy (non-hydrogen) atoms. The molecule has 0 fully saturated rings. The molecular formula is C17H29N3O. The number of rotatable bonds is 8. The molecule has 0 radical (unpaired) electrons. The third kappa shape index (κ3) is 5.38. The van der Waals surface area contributed by atoms with Crippen molar-refractivity contribution < 1.29 is 4.79 Å². The zero-order valence-electron chi connectivity index (χ0n) is 13.8. The van der Waals surface area contributed by atoms with Crippen molar-refractivity contribution in [2.75, 3.05) is 24.5 Å². The fraction of sp³-hybridized carbons (Fsp3) is 0.588. The summed E-state index contributed by atoms with van der Waals surface area (Å²) in [4.78, 5) is 14.3. The maximum atomic E-state index is 12.1. The molecule has 0 saturated heterocycles. The van der Waals surface area contributed by atoms with Gasteiger partial charge in [-0.15, -0.1) is 0 Å². The fourth-order valence-electron chi connectivity index (χ4n) is 2.43. The van der Waals surface area contributed by atoms with E-state index in [0.717, 1.165) is 19.5 Å². The molecule has 0 aliphatic carbocycles. The lowest BCUT2D eigenvalue weighted by Crippen LogP contribution is -2.52. The lowest BCUT2D eigenvalue weighted by molar-refractivity contribution is -0.125. The molecule has 1 amide bonds. The molecule has 0 aliphatic rings. The third-order valence-corrected chi connectivity index (χ3v) is 3.70. The molecule has 0 aliphatic heterocycles. The highest BCUT2D eigenvalue weighted by Gasteiger charge is 2.26. The second kappa shape index (κ2) is 8.03. The molecule has 0 spiro atoms. The van der Waals surface area contributed by atoms with Crippen LogP contribution in [-0.4, -0.2) is 31.1 Å².